The maximum atomic E-state index is 12.3. The molecule has 2 aromatic rings. The van der Waals surface area contributed by atoms with E-state index in [1.807, 2.05) is 18.2 Å². The first-order chi connectivity index (χ1) is 14.2. The molecule has 2 N–H and O–H groups in total. The number of methoxy groups -OCH3 is 2. The van der Waals surface area contributed by atoms with Gasteiger partial charge < -0.3 is 20.1 Å². The van der Waals surface area contributed by atoms with Gasteiger partial charge >= 0.3 is 0 Å². The number of hydrogen-bond donors (Lipinski definition) is 2. The third kappa shape index (κ3) is 5.37. The van der Waals surface area contributed by atoms with Gasteiger partial charge in [0.25, 0.3) is 5.91 Å². The largest absolute Gasteiger partial charge is 0.497 e. The van der Waals surface area contributed by atoms with E-state index in [4.69, 9.17) is 9.47 Å². The molecule has 0 unspecified atom stereocenters. The number of rotatable bonds is 9. The molecule has 1 heterocycles. The van der Waals surface area contributed by atoms with Crippen LogP contribution in [-0.2, 0) is 11.2 Å². The van der Waals surface area contributed by atoms with Gasteiger partial charge in [0.05, 0.1) is 19.8 Å². The summed E-state index contributed by atoms with van der Waals surface area (Å²) in [7, 11) is 3.34. The Labute approximate surface area is 173 Å². The van der Waals surface area contributed by atoms with Gasteiger partial charge in [-0.2, -0.15) is 0 Å². The lowest BCUT2D eigenvalue weighted by atomic mass is 9.85. The van der Waals surface area contributed by atoms with Crippen molar-refractivity contribution >= 4 is 5.91 Å². The zero-order chi connectivity index (χ0) is 20.6. The molecule has 3 rings (SSSR count). The fourth-order valence-corrected chi connectivity index (χ4v) is 3.92. The zero-order valence-corrected chi connectivity index (χ0v) is 17.7. The predicted octanol–water partition coefficient (Wildman–Crippen LogP) is 3.87. The maximum Gasteiger partial charge on any atom is 0.251 e. The topological polar surface area (TPSA) is 59.6 Å². The molecule has 0 saturated heterocycles. The Morgan fingerprint density at radius 1 is 1.17 bits per heavy atom. The van der Waals surface area contributed by atoms with Crippen LogP contribution in [0.5, 0.6) is 5.75 Å². The second kappa shape index (κ2) is 10.4. The lowest BCUT2D eigenvalue weighted by Gasteiger charge is -2.34. The Bertz CT molecular complexity index is 804. The van der Waals surface area contributed by atoms with Crippen LogP contribution >= 0.6 is 0 Å². The van der Waals surface area contributed by atoms with Crippen LogP contribution in [0.3, 0.4) is 0 Å². The first-order valence-electron chi connectivity index (χ1n) is 10.5. The van der Waals surface area contributed by atoms with Gasteiger partial charge in [0.15, 0.2) is 0 Å². The van der Waals surface area contributed by atoms with Crippen LogP contribution in [0.25, 0.3) is 0 Å². The van der Waals surface area contributed by atoms with Crippen molar-refractivity contribution in [2.45, 2.75) is 44.7 Å². The van der Waals surface area contributed by atoms with Crippen LogP contribution in [0.4, 0.5) is 0 Å². The lowest BCUT2D eigenvalue weighted by molar-refractivity contribution is 0.0937. The Morgan fingerprint density at radius 2 is 1.97 bits per heavy atom. The molecule has 1 aliphatic heterocycles. The normalized spacial score (nSPS) is 18.2. The molecule has 156 valence electrons. The van der Waals surface area contributed by atoms with E-state index in [9.17, 15) is 4.79 Å². The van der Waals surface area contributed by atoms with Crippen molar-refractivity contribution < 1.29 is 14.3 Å². The predicted molar refractivity (Wildman–Crippen MR) is 116 cm³/mol. The highest BCUT2D eigenvalue weighted by molar-refractivity contribution is 5.94. The maximum absolute atomic E-state index is 12.3. The highest BCUT2D eigenvalue weighted by atomic mass is 16.5. The van der Waals surface area contributed by atoms with Gasteiger partial charge in [-0.3, -0.25) is 4.79 Å². The minimum absolute atomic E-state index is 0.0730. The van der Waals surface area contributed by atoms with Crippen LogP contribution < -0.4 is 15.4 Å². The highest BCUT2D eigenvalue weighted by Crippen LogP contribution is 2.34. The van der Waals surface area contributed by atoms with Crippen molar-refractivity contribution in [2.75, 3.05) is 27.4 Å². The number of nitrogens with one attached hydrogen (secondary N) is 2. The van der Waals surface area contributed by atoms with E-state index in [2.05, 4.69) is 41.8 Å². The van der Waals surface area contributed by atoms with E-state index in [0.717, 1.165) is 18.6 Å². The number of ether oxygens (including phenoxy) is 2. The Kier molecular flexibility index (Phi) is 7.67. The van der Waals surface area contributed by atoms with Crippen LogP contribution in [0, 0.1) is 0 Å². The third-order valence-corrected chi connectivity index (χ3v) is 5.53. The lowest BCUT2D eigenvalue weighted by Crippen LogP contribution is -2.40. The van der Waals surface area contributed by atoms with Crippen LogP contribution in [0.15, 0.2) is 42.5 Å². The Balaban J connectivity index is 1.81. The van der Waals surface area contributed by atoms with Gasteiger partial charge in [0, 0.05) is 25.3 Å². The zero-order valence-electron chi connectivity index (χ0n) is 17.7. The summed E-state index contributed by atoms with van der Waals surface area (Å²) >= 11 is 0. The third-order valence-electron chi connectivity index (χ3n) is 5.53. The fraction of sp³-hybridized carbons (Fsp3) is 0.458. The summed E-state index contributed by atoms with van der Waals surface area (Å²) < 4.78 is 10.4. The first-order valence-corrected chi connectivity index (χ1v) is 10.5. The van der Waals surface area contributed by atoms with Crippen LogP contribution in [-0.4, -0.2) is 39.3 Å². The Hall–Kier alpha value is -2.37. The number of fused-ring (bicyclic) bond motifs is 1. The van der Waals surface area contributed by atoms with Gasteiger partial charge in [-0.1, -0.05) is 38.0 Å². The molecular weight excluding hydrogens is 364 g/mol. The van der Waals surface area contributed by atoms with Crippen molar-refractivity contribution in [1.29, 1.82) is 0 Å². The number of unbranched alkanes of at least 4 members (excludes halogenated alkanes) is 1. The summed E-state index contributed by atoms with van der Waals surface area (Å²) in [5.41, 5.74) is 4.47. The number of hydrogen-bond acceptors (Lipinski definition) is 4. The van der Waals surface area contributed by atoms with Crippen molar-refractivity contribution in [1.82, 2.24) is 10.6 Å². The Morgan fingerprint density at radius 3 is 2.66 bits per heavy atom. The van der Waals surface area contributed by atoms with E-state index in [1.54, 1.807) is 14.2 Å². The smallest absolute Gasteiger partial charge is 0.251 e. The summed E-state index contributed by atoms with van der Waals surface area (Å²) in [6.07, 6.45) is 4.58. The van der Waals surface area contributed by atoms with Crippen molar-refractivity contribution in [3.63, 3.8) is 0 Å². The fourth-order valence-electron chi connectivity index (χ4n) is 3.92. The van der Waals surface area contributed by atoms with Crippen molar-refractivity contribution in [3.8, 4) is 5.75 Å². The summed E-state index contributed by atoms with van der Waals surface area (Å²) in [5, 5.41) is 6.69. The first kappa shape index (κ1) is 21.3. The molecule has 0 radical (unpaired) electrons. The second-order valence-corrected chi connectivity index (χ2v) is 7.58. The summed E-state index contributed by atoms with van der Waals surface area (Å²) in [5.74, 6) is 0.831. The van der Waals surface area contributed by atoms with E-state index >= 15 is 0 Å². The SMILES string of the molecule is CCCC[C@H]1Cc2cc(OC)ccc2[C@H](c2ccc(C(=O)NCCOC)cc2)N1. The molecule has 0 aliphatic carbocycles. The van der Waals surface area contributed by atoms with Gasteiger partial charge in [0.1, 0.15) is 5.75 Å². The van der Waals surface area contributed by atoms with Gasteiger partial charge in [-0.05, 0) is 53.8 Å². The molecule has 5 nitrogen and oxygen atoms in total. The molecule has 1 aliphatic rings. The number of benzene rings is 2. The summed E-state index contributed by atoms with van der Waals surface area (Å²) in [4.78, 5) is 12.3. The molecule has 0 aromatic heterocycles. The average molecular weight is 397 g/mol. The number of carbonyl (C=O) groups excluding carboxylic acids is 1. The molecule has 0 spiro atoms. The van der Waals surface area contributed by atoms with Crippen LogP contribution in [0.1, 0.15) is 59.3 Å². The number of carbonyl (C=O) groups is 1. The standard InChI is InChI=1S/C24H32N2O3/c1-4-5-6-20-15-19-16-21(29-3)11-12-22(19)23(26-20)17-7-9-18(10-8-17)24(27)25-13-14-28-2/h7-12,16,20,23,26H,4-6,13-15H2,1-3H3,(H,25,27)/t20-,23-/m0/s1. The van der Waals surface area contributed by atoms with Gasteiger partial charge in [-0.15, -0.1) is 0 Å². The van der Waals surface area contributed by atoms with Crippen molar-refractivity contribution in [2.24, 2.45) is 0 Å². The molecule has 0 bridgehead atoms. The highest BCUT2D eigenvalue weighted by Gasteiger charge is 2.27. The summed E-state index contributed by atoms with van der Waals surface area (Å²) in [6, 6.07) is 14.8. The molecule has 2 aromatic carbocycles. The van der Waals surface area contributed by atoms with Crippen molar-refractivity contribution in [3.05, 3.63) is 64.7 Å². The van der Waals surface area contributed by atoms with Crippen LogP contribution in [0.2, 0.25) is 0 Å². The van der Waals surface area contributed by atoms with E-state index in [0.29, 0.717) is 24.8 Å². The monoisotopic (exact) mass is 396 g/mol. The van der Waals surface area contributed by atoms with Gasteiger partial charge in [-0.25, -0.2) is 0 Å². The molecule has 29 heavy (non-hydrogen) atoms. The van der Waals surface area contributed by atoms with E-state index < -0.39 is 0 Å². The molecular formula is C24H32N2O3. The quantitative estimate of drug-likeness (QED) is 0.632. The second-order valence-electron chi connectivity index (χ2n) is 7.58. The molecule has 2 atom stereocenters. The average Bonchev–Trinajstić information content (AvgIpc) is 2.76. The molecule has 5 heteroatoms. The van der Waals surface area contributed by atoms with Gasteiger partial charge in [0.2, 0.25) is 0 Å². The molecule has 0 saturated carbocycles. The molecule has 0 fully saturated rings. The van der Waals surface area contributed by atoms with E-state index in [-0.39, 0.29) is 11.9 Å². The minimum Gasteiger partial charge on any atom is -0.497 e. The minimum atomic E-state index is -0.0730. The molecule has 1 amide bonds. The van der Waals surface area contributed by atoms with E-state index in [1.165, 1.54) is 29.5 Å². The summed E-state index contributed by atoms with van der Waals surface area (Å²) in [6.45, 7) is 3.25. The number of amides is 1.